The van der Waals surface area contributed by atoms with Crippen LogP contribution in [0.1, 0.15) is 16.3 Å². The summed E-state index contributed by atoms with van der Waals surface area (Å²) >= 11 is 1.62. The maximum Gasteiger partial charge on any atom is 0.250 e. The van der Waals surface area contributed by atoms with Crippen LogP contribution in [0.25, 0.3) is 22.4 Å². The number of rotatable bonds is 4. The number of amides is 1. The maximum absolute atomic E-state index is 12.2. The number of thiazole rings is 1. The average Bonchev–Trinajstić information content (AvgIpc) is 3.29. The zero-order chi connectivity index (χ0) is 18.1. The molecule has 0 saturated heterocycles. The van der Waals surface area contributed by atoms with Crippen LogP contribution in [0, 0.1) is 13.8 Å². The Balaban J connectivity index is 1.49. The maximum atomic E-state index is 12.2. The number of fused-ring (bicyclic) bond motifs is 1. The van der Waals surface area contributed by atoms with Gasteiger partial charge in [0, 0.05) is 22.7 Å². The molecule has 8 heteroatoms. The van der Waals surface area contributed by atoms with Crippen molar-refractivity contribution in [3.63, 3.8) is 0 Å². The lowest BCUT2D eigenvalue weighted by Gasteiger charge is -1.96. The van der Waals surface area contributed by atoms with Crippen molar-refractivity contribution in [2.24, 2.45) is 0 Å². The molecule has 1 amide bonds. The molecule has 0 radical (unpaired) electrons. The summed E-state index contributed by atoms with van der Waals surface area (Å²) in [5, 5.41) is 9.51. The second-order valence-electron chi connectivity index (χ2n) is 5.77. The molecule has 0 aliphatic rings. The molecule has 0 aliphatic carbocycles. The van der Waals surface area contributed by atoms with Crippen molar-refractivity contribution in [3.8, 4) is 11.4 Å². The summed E-state index contributed by atoms with van der Waals surface area (Å²) in [7, 11) is 0. The highest BCUT2D eigenvalue weighted by atomic mass is 32.1. The molecule has 0 aliphatic heterocycles. The number of aromatic amines is 1. The van der Waals surface area contributed by atoms with Crippen LogP contribution in [0.3, 0.4) is 0 Å². The number of aryl methyl sites for hydroxylation is 2. The quantitative estimate of drug-likeness (QED) is 0.543. The third kappa shape index (κ3) is 3.14. The Labute approximate surface area is 153 Å². The van der Waals surface area contributed by atoms with Crippen LogP contribution >= 0.6 is 11.3 Å². The van der Waals surface area contributed by atoms with Gasteiger partial charge in [-0.3, -0.25) is 19.6 Å². The summed E-state index contributed by atoms with van der Waals surface area (Å²) in [6, 6.07) is 9.60. The lowest BCUT2D eigenvalue weighted by Crippen LogP contribution is -2.09. The third-order valence-corrected chi connectivity index (χ3v) is 4.72. The van der Waals surface area contributed by atoms with Gasteiger partial charge in [0.25, 0.3) is 5.91 Å². The molecule has 0 saturated carbocycles. The van der Waals surface area contributed by atoms with Crippen LogP contribution in [0.15, 0.2) is 42.6 Å². The van der Waals surface area contributed by atoms with Crippen LogP contribution in [0.2, 0.25) is 0 Å². The van der Waals surface area contributed by atoms with Crippen LogP contribution in [0.5, 0.6) is 0 Å². The van der Waals surface area contributed by atoms with Gasteiger partial charge in [-0.25, -0.2) is 4.98 Å². The van der Waals surface area contributed by atoms with E-state index >= 15 is 0 Å². The van der Waals surface area contributed by atoms with E-state index in [0.29, 0.717) is 5.82 Å². The first kappa shape index (κ1) is 16.2. The number of carbonyl (C=O) groups excluding carboxylic acids is 1. The highest BCUT2D eigenvalue weighted by Crippen LogP contribution is 2.21. The fraction of sp³-hybridized carbons (Fsp3) is 0.111. The lowest BCUT2D eigenvalue weighted by molar-refractivity contribution is -0.111. The van der Waals surface area contributed by atoms with Gasteiger partial charge in [0.05, 0.1) is 11.4 Å². The van der Waals surface area contributed by atoms with E-state index in [1.807, 2.05) is 54.8 Å². The molecule has 0 bridgehead atoms. The van der Waals surface area contributed by atoms with Crippen molar-refractivity contribution in [2.75, 3.05) is 5.32 Å². The van der Waals surface area contributed by atoms with Crippen molar-refractivity contribution in [1.82, 2.24) is 24.6 Å². The van der Waals surface area contributed by atoms with Crippen LogP contribution in [0.4, 0.5) is 5.95 Å². The van der Waals surface area contributed by atoms with Crippen molar-refractivity contribution >= 4 is 34.2 Å². The van der Waals surface area contributed by atoms with Gasteiger partial charge in [0.15, 0.2) is 10.8 Å². The number of H-pyrrole nitrogens is 1. The molecule has 0 spiro atoms. The van der Waals surface area contributed by atoms with Gasteiger partial charge in [-0.1, -0.05) is 30.3 Å². The molecule has 4 rings (SSSR count). The van der Waals surface area contributed by atoms with Crippen LogP contribution in [-0.4, -0.2) is 30.5 Å². The minimum absolute atomic E-state index is 0.236. The van der Waals surface area contributed by atoms with E-state index in [2.05, 4.69) is 25.5 Å². The summed E-state index contributed by atoms with van der Waals surface area (Å²) in [5.74, 6) is 0.539. The number of benzene rings is 1. The minimum Gasteiger partial charge on any atom is -0.290 e. The molecule has 3 heterocycles. The Morgan fingerprint density at radius 3 is 2.85 bits per heavy atom. The number of anilines is 1. The first-order valence-electron chi connectivity index (χ1n) is 8.02. The summed E-state index contributed by atoms with van der Waals surface area (Å²) in [6.45, 7) is 3.95. The van der Waals surface area contributed by atoms with E-state index in [9.17, 15) is 4.79 Å². The highest BCUT2D eigenvalue weighted by molar-refractivity contribution is 7.17. The van der Waals surface area contributed by atoms with Gasteiger partial charge in [0.1, 0.15) is 0 Å². The molecule has 130 valence electrons. The SMILES string of the molecule is Cc1cn2c(/C=C/C(=O)Nc3n[nH]c(-c4ccccc4)n3)c(C)nc2s1. The first-order valence-corrected chi connectivity index (χ1v) is 8.84. The highest BCUT2D eigenvalue weighted by Gasteiger charge is 2.10. The molecule has 7 nitrogen and oxygen atoms in total. The number of nitrogens with one attached hydrogen (secondary N) is 2. The molecule has 0 fully saturated rings. The monoisotopic (exact) mass is 364 g/mol. The molecule has 26 heavy (non-hydrogen) atoms. The van der Waals surface area contributed by atoms with Crippen molar-refractivity contribution in [2.45, 2.75) is 13.8 Å². The topological polar surface area (TPSA) is 88.0 Å². The number of nitrogens with zero attached hydrogens (tertiary/aromatic N) is 4. The average molecular weight is 364 g/mol. The van der Waals surface area contributed by atoms with Crippen molar-refractivity contribution < 1.29 is 4.79 Å². The zero-order valence-electron chi connectivity index (χ0n) is 14.2. The molecule has 2 N–H and O–H groups in total. The predicted octanol–water partition coefficient (Wildman–Crippen LogP) is 3.45. The summed E-state index contributed by atoms with van der Waals surface area (Å²) < 4.78 is 1.99. The Morgan fingerprint density at radius 1 is 1.23 bits per heavy atom. The van der Waals surface area contributed by atoms with E-state index in [-0.39, 0.29) is 11.9 Å². The normalized spacial score (nSPS) is 11.5. The van der Waals surface area contributed by atoms with Gasteiger partial charge in [-0.2, -0.15) is 4.98 Å². The second kappa shape index (κ2) is 6.57. The number of carbonyl (C=O) groups is 1. The van der Waals surface area contributed by atoms with Gasteiger partial charge >= 0.3 is 0 Å². The number of hydrogen-bond acceptors (Lipinski definition) is 5. The first-order chi connectivity index (χ1) is 12.6. The minimum atomic E-state index is -0.301. The molecular weight excluding hydrogens is 348 g/mol. The lowest BCUT2D eigenvalue weighted by atomic mass is 10.2. The second-order valence-corrected chi connectivity index (χ2v) is 6.99. The molecular formula is C18H16N6OS. The van der Waals surface area contributed by atoms with E-state index in [1.165, 1.54) is 11.0 Å². The number of aromatic nitrogens is 5. The van der Waals surface area contributed by atoms with E-state index in [1.54, 1.807) is 17.4 Å². The fourth-order valence-electron chi connectivity index (χ4n) is 2.63. The van der Waals surface area contributed by atoms with E-state index in [4.69, 9.17) is 0 Å². The molecule has 0 atom stereocenters. The van der Waals surface area contributed by atoms with Crippen LogP contribution < -0.4 is 5.32 Å². The summed E-state index contributed by atoms with van der Waals surface area (Å²) in [5.41, 5.74) is 2.67. The van der Waals surface area contributed by atoms with Gasteiger partial charge in [-0.15, -0.1) is 16.4 Å². The summed E-state index contributed by atoms with van der Waals surface area (Å²) in [4.78, 5) is 23.1. The van der Waals surface area contributed by atoms with Crippen molar-refractivity contribution in [3.05, 3.63) is 58.9 Å². The third-order valence-electron chi connectivity index (χ3n) is 3.82. The van der Waals surface area contributed by atoms with E-state index in [0.717, 1.165) is 21.9 Å². The number of hydrogen-bond donors (Lipinski definition) is 2. The molecule has 0 unspecified atom stereocenters. The zero-order valence-corrected chi connectivity index (χ0v) is 15.0. The smallest absolute Gasteiger partial charge is 0.250 e. The number of imidazole rings is 1. The summed E-state index contributed by atoms with van der Waals surface area (Å²) in [6.07, 6.45) is 5.22. The fourth-order valence-corrected chi connectivity index (χ4v) is 3.51. The van der Waals surface area contributed by atoms with Crippen LogP contribution in [-0.2, 0) is 4.79 Å². The Kier molecular flexibility index (Phi) is 4.10. The Hall–Kier alpha value is -3.26. The Morgan fingerprint density at radius 2 is 2.04 bits per heavy atom. The van der Waals surface area contributed by atoms with Gasteiger partial charge in [-0.05, 0) is 19.9 Å². The van der Waals surface area contributed by atoms with Crippen molar-refractivity contribution in [1.29, 1.82) is 0 Å². The molecule has 3 aromatic heterocycles. The van der Waals surface area contributed by atoms with Gasteiger partial charge in [0.2, 0.25) is 5.95 Å². The standard InChI is InChI=1S/C18H16N6OS/c1-11-10-24-14(12(2)19-18(24)26-11)8-9-15(25)20-17-21-16(22-23-17)13-6-4-3-5-7-13/h3-10H,1-2H3,(H2,20,21,22,23,25)/b9-8+. The molecule has 1 aromatic carbocycles. The largest absolute Gasteiger partial charge is 0.290 e. The van der Waals surface area contributed by atoms with E-state index < -0.39 is 0 Å². The molecule has 4 aromatic rings. The predicted molar refractivity (Wildman–Crippen MR) is 102 cm³/mol. The van der Waals surface area contributed by atoms with Gasteiger partial charge < -0.3 is 0 Å². The Bertz CT molecular complexity index is 1110.